The van der Waals surface area contributed by atoms with Crippen LogP contribution in [0.15, 0.2) is 0 Å². The summed E-state index contributed by atoms with van der Waals surface area (Å²) in [6, 6.07) is 0. The molecule has 0 aliphatic carbocycles. The molecule has 0 N–H and O–H groups in total. The van der Waals surface area contributed by atoms with E-state index in [2.05, 4.69) is 38.5 Å². The Balaban J connectivity index is 3.17. The third-order valence-electron chi connectivity index (χ3n) is 1.88. The van der Waals surface area contributed by atoms with E-state index in [-0.39, 0.29) is 0 Å². The van der Waals surface area contributed by atoms with E-state index in [1.807, 2.05) is 0 Å². The minimum absolute atomic E-state index is 0.870. The van der Waals surface area contributed by atoms with E-state index in [1.54, 1.807) is 0 Å². The first-order valence-electron chi connectivity index (χ1n) is 3.68. The molecule has 2 unspecified atom stereocenters. The summed E-state index contributed by atoms with van der Waals surface area (Å²) in [7, 11) is 0. The second-order valence-corrected chi connectivity index (χ2v) is 3.01. The van der Waals surface area contributed by atoms with Crippen LogP contribution in [-0.2, 0) is 0 Å². The van der Waals surface area contributed by atoms with E-state index in [4.69, 9.17) is 0 Å². The van der Waals surface area contributed by atoms with Crippen LogP contribution in [0.2, 0.25) is 4.59 Å². The molecule has 0 radical (unpaired) electrons. The van der Waals surface area contributed by atoms with E-state index < -0.39 is 0 Å². The van der Waals surface area contributed by atoms with Crippen molar-refractivity contribution in [3.8, 4) is 0 Å². The van der Waals surface area contributed by atoms with Crippen molar-refractivity contribution < 1.29 is 0 Å². The standard InChI is InChI=1S/C7H15.Li/c1-4-6-7(3)5-2;/h5,7H,4,6H2,1-3H3;. The minimum atomic E-state index is 0.870. The molecule has 0 fully saturated rings. The molecule has 0 bridgehead atoms. The molecule has 0 aliphatic heterocycles. The molecule has 1 heteroatoms. The summed E-state index contributed by atoms with van der Waals surface area (Å²) < 4.78 is 0.870. The quantitative estimate of drug-likeness (QED) is 0.484. The van der Waals surface area contributed by atoms with Crippen LogP contribution in [0.4, 0.5) is 0 Å². The van der Waals surface area contributed by atoms with Crippen LogP contribution in [0.5, 0.6) is 0 Å². The van der Waals surface area contributed by atoms with Crippen molar-refractivity contribution in [1.29, 1.82) is 0 Å². The van der Waals surface area contributed by atoms with Gasteiger partial charge in [0, 0.05) is 0 Å². The normalized spacial score (nSPS) is 18.1. The van der Waals surface area contributed by atoms with Gasteiger partial charge in [-0.2, -0.15) is 0 Å². The zero-order valence-electron chi connectivity index (χ0n) is 6.57. The Morgan fingerprint density at radius 1 is 1.38 bits per heavy atom. The molecule has 0 heterocycles. The van der Waals surface area contributed by atoms with E-state index in [1.165, 1.54) is 12.8 Å². The maximum atomic E-state index is 2.33. The molecule has 0 aliphatic rings. The van der Waals surface area contributed by atoms with Gasteiger partial charge in [-0.25, -0.2) is 0 Å². The van der Waals surface area contributed by atoms with Gasteiger partial charge >= 0.3 is 61.8 Å². The topological polar surface area (TPSA) is 0 Å². The van der Waals surface area contributed by atoms with Crippen LogP contribution >= 0.6 is 0 Å². The van der Waals surface area contributed by atoms with Crippen molar-refractivity contribution in [3.05, 3.63) is 0 Å². The SMILES string of the molecule is [Li][CH](C)C(C)CCC. The van der Waals surface area contributed by atoms with Gasteiger partial charge in [0.15, 0.2) is 0 Å². The van der Waals surface area contributed by atoms with Crippen LogP contribution in [0.25, 0.3) is 0 Å². The fourth-order valence-corrected chi connectivity index (χ4v) is 0.789. The van der Waals surface area contributed by atoms with Gasteiger partial charge in [0.2, 0.25) is 0 Å². The van der Waals surface area contributed by atoms with Crippen molar-refractivity contribution in [2.24, 2.45) is 5.92 Å². The predicted molar refractivity (Wildman–Crippen MR) is 39.2 cm³/mol. The Labute approximate surface area is 62.3 Å². The molecule has 8 heavy (non-hydrogen) atoms. The van der Waals surface area contributed by atoms with Gasteiger partial charge in [-0.1, -0.05) is 0 Å². The molecular weight excluding hydrogens is 91.0 g/mol. The summed E-state index contributed by atoms with van der Waals surface area (Å²) in [4.78, 5) is 0. The first kappa shape index (κ1) is 8.60. The van der Waals surface area contributed by atoms with Crippen molar-refractivity contribution in [2.45, 2.75) is 38.2 Å². The Morgan fingerprint density at radius 2 is 1.88 bits per heavy atom. The van der Waals surface area contributed by atoms with Gasteiger partial charge in [0.25, 0.3) is 0 Å². The van der Waals surface area contributed by atoms with Gasteiger partial charge in [0.1, 0.15) is 0 Å². The second-order valence-electron chi connectivity index (χ2n) is 3.01. The van der Waals surface area contributed by atoms with Crippen molar-refractivity contribution in [1.82, 2.24) is 0 Å². The van der Waals surface area contributed by atoms with Crippen molar-refractivity contribution in [3.63, 3.8) is 0 Å². The van der Waals surface area contributed by atoms with Crippen LogP contribution < -0.4 is 0 Å². The Hall–Kier alpha value is 0.597. The predicted octanol–water partition coefficient (Wildman–Crippen LogP) is 2.40. The summed E-state index contributed by atoms with van der Waals surface area (Å²) in [5, 5.41) is 0. The van der Waals surface area contributed by atoms with E-state index in [0.29, 0.717) is 0 Å². The zero-order chi connectivity index (χ0) is 6.57. The fourth-order valence-electron chi connectivity index (χ4n) is 0.789. The molecule has 0 aromatic carbocycles. The molecular formula is C7H15Li. The Kier molecular flexibility index (Phi) is 4.81. The number of hydrogen-bond acceptors (Lipinski definition) is 0. The Morgan fingerprint density at radius 3 is 2.00 bits per heavy atom. The van der Waals surface area contributed by atoms with Gasteiger partial charge in [0.05, 0.1) is 0 Å². The summed E-state index contributed by atoms with van der Waals surface area (Å²) in [5.74, 6) is 0.917. The summed E-state index contributed by atoms with van der Waals surface area (Å²) in [6.07, 6.45) is 2.72. The molecule has 0 aromatic heterocycles. The third kappa shape index (κ3) is 3.58. The zero-order valence-corrected chi connectivity index (χ0v) is 6.57. The monoisotopic (exact) mass is 106 g/mol. The Bertz CT molecular complexity index is 50.3. The van der Waals surface area contributed by atoms with Gasteiger partial charge < -0.3 is 0 Å². The van der Waals surface area contributed by atoms with E-state index >= 15 is 0 Å². The average molecular weight is 106 g/mol. The molecule has 2 atom stereocenters. The van der Waals surface area contributed by atoms with Gasteiger partial charge in [-0.15, -0.1) is 0 Å². The van der Waals surface area contributed by atoms with Gasteiger partial charge in [-0.05, 0) is 0 Å². The van der Waals surface area contributed by atoms with Gasteiger partial charge in [-0.3, -0.25) is 0 Å². The molecule has 0 spiro atoms. The molecule has 0 nitrogen and oxygen atoms in total. The van der Waals surface area contributed by atoms with Crippen LogP contribution in [0.3, 0.4) is 0 Å². The maximum absolute atomic E-state index is 2.33. The van der Waals surface area contributed by atoms with Crippen molar-refractivity contribution in [2.75, 3.05) is 0 Å². The molecule has 44 valence electrons. The summed E-state index contributed by atoms with van der Waals surface area (Å²) >= 11 is 2.29. The van der Waals surface area contributed by atoms with Crippen LogP contribution in [0.1, 0.15) is 33.6 Å². The van der Waals surface area contributed by atoms with Crippen LogP contribution in [-0.4, -0.2) is 17.7 Å². The molecule has 0 saturated heterocycles. The number of rotatable bonds is 3. The summed E-state index contributed by atoms with van der Waals surface area (Å²) in [6.45, 7) is 6.87. The molecule has 0 aromatic rings. The van der Waals surface area contributed by atoms with Crippen molar-refractivity contribution >= 4 is 17.7 Å². The van der Waals surface area contributed by atoms with Crippen LogP contribution in [0, 0.1) is 5.92 Å². The molecule has 0 saturated carbocycles. The third-order valence-corrected chi connectivity index (χ3v) is 1.88. The average Bonchev–Trinajstić information content (AvgIpc) is 1.67. The fraction of sp³-hybridized carbons (Fsp3) is 1.00. The first-order valence-corrected chi connectivity index (χ1v) is 3.68. The number of hydrogen-bond donors (Lipinski definition) is 0. The van der Waals surface area contributed by atoms with E-state index in [0.717, 1.165) is 10.5 Å². The summed E-state index contributed by atoms with van der Waals surface area (Å²) in [5.41, 5.74) is 0. The first-order chi connectivity index (χ1) is 3.68. The van der Waals surface area contributed by atoms with E-state index in [9.17, 15) is 0 Å². The molecule has 0 amide bonds. The second kappa shape index (κ2) is 4.47. The molecule has 0 rings (SSSR count).